The van der Waals surface area contributed by atoms with Gasteiger partial charge in [0, 0.05) is 0 Å². The van der Waals surface area contributed by atoms with E-state index >= 15 is 0 Å². The molecular formula is C20H17N3O. The molecule has 0 bridgehead atoms. The summed E-state index contributed by atoms with van der Waals surface area (Å²) in [7, 11) is 0. The molecule has 4 rings (SSSR count). The quantitative estimate of drug-likeness (QED) is 0.624. The Labute approximate surface area is 140 Å². The first-order valence-electron chi connectivity index (χ1n) is 7.92. The van der Waals surface area contributed by atoms with Gasteiger partial charge in [0.15, 0.2) is 0 Å². The Morgan fingerprint density at radius 2 is 1.29 bits per heavy atom. The highest BCUT2D eigenvalue weighted by molar-refractivity contribution is 5.74. The fraction of sp³-hybridized carbons (Fsp3) is 0.100. The van der Waals surface area contributed by atoms with Gasteiger partial charge in [0.05, 0.1) is 5.52 Å². The van der Waals surface area contributed by atoms with Crippen molar-refractivity contribution in [2.45, 2.75) is 12.1 Å². The Balaban J connectivity index is 1.88. The smallest absolute Gasteiger partial charge is 0.113 e. The van der Waals surface area contributed by atoms with Crippen LogP contribution in [-0.4, -0.2) is 20.1 Å². The van der Waals surface area contributed by atoms with Gasteiger partial charge in [0.2, 0.25) is 0 Å². The van der Waals surface area contributed by atoms with Crippen LogP contribution >= 0.6 is 0 Å². The monoisotopic (exact) mass is 315 g/mol. The second-order valence-electron chi connectivity index (χ2n) is 5.73. The van der Waals surface area contributed by atoms with Gasteiger partial charge in [-0.2, -0.15) is 0 Å². The van der Waals surface area contributed by atoms with E-state index < -0.39 is 6.10 Å². The topological polar surface area (TPSA) is 50.9 Å². The lowest BCUT2D eigenvalue weighted by Gasteiger charge is -2.24. The number of fused-ring (bicyclic) bond motifs is 1. The number of aromatic nitrogens is 3. The maximum Gasteiger partial charge on any atom is 0.113 e. The van der Waals surface area contributed by atoms with E-state index in [1.807, 2.05) is 89.6 Å². The molecule has 1 N–H and O–H groups in total. The third-order valence-electron chi connectivity index (χ3n) is 4.22. The molecule has 0 spiro atoms. The highest BCUT2D eigenvalue weighted by Gasteiger charge is 2.27. The summed E-state index contributed by atoms with van der Waals surface area (Å²) in [4.78, 5) is 0. The van der Waals surface area contributed by atoms with Gasteiger partial charge in [0.25, 0.3) is 0 Å². The van der Waals surface area contributed by atoms with Crippen LogP contribution < -0.4 is 0 Å². The lowest BCUT2D eigenvalue weighted by molar-refractivity contribution is 0.126. The Kier molecular flexibility index (Phi) is 3.81. The van der Waals surface area contributed by atoms with E-state index in [9.17, 15) is 5.11 Å². The largest absolute Gasteiger partial charge is 0.386 e. The Morgan fingerprint density at radius 3 is 2.00 bits per heavy atom. The number of aliphatic hydroxyl groups is 1. The van der Waals surface area contributed by atoms with Gasteiger partial charge < -0.3 is 5.11 Å². The lowest BCUT2D eigenvalue weighted by Crippen LogP contribution is -2.20. The molecule has 0 radical (unpaired) electrons. The maximum atomic E-state index is 11.1. The minimum absolute atomic E-state index is 0.346. The summed E-state index contributed by atoms with van der Waals surface area (Å²) in [5.41, 5.74) is 3.57. The molecule has 0 aliphatic rings. The average Bonchev–Trinajstić information content (AvgIpc) is 3.07. The second kappa shape index (κ2) is 6.26. The van der Waals surface area contributed by atoms with Crippen LogP contribution in [0.2, 0.25) is 0 Å². The molecule has 0 fully saturated rings. The maximum absolute atomic E-state index is 11.1. The van der Waals surface area contributed by atoms with Crippen LogP contribution in [-0.2, 0) is 0 Å². The van der Waals surface area contributed by atoms with Crippen LogP contribution in [0.4, 0.5) is 0 Å². The van der Waals surface area contributed by atoms with Crippen molar-refractivity contribution in [3.05, 3.63) is 96.1 Å². The molecule has 4 heteroatoms. The Bertz CT molecular complexity index is 935. The van der Waals surface area contributed by atoms with Crippen LogP contribution in [0, 0.1) is 0 Å². The van der Waals surface area contributed by atoms with Gasteiger partial charge in [-0.15, -0.1) is 5.10 Å². The molecule has 0 saturated heterocycles. The first kappa shape index (κ1) is 14.6. The molecule has 3 aromatic carbocycles. The highest BCUT2D eigenvalue weighted by Crippen LogP contribution is 2.33. The zero-order valence-electron chi connectivity index (χ0n) is 13.0. The van der Waals surface area contributed by atoms with Crippen molar-refractivity contribution in [2.24, 2.45) is 0 Å². The molecule has 0 saturated carbocycles. The summed E-state index contributed by atoms with van der Waals surface area (Å²) in [6.45, 7) is 0. The number of hydrogen-bond donors (Lipinski definition) is 1. The van der Waals surface area contributed by atoms with Crippen molar-refractivity contribution in [1.29, 1.82) is 0 Å². The first-order chi connectivity index (χ1) is 11.8. The third kappa shape index (κ3) is 2.57. The summed E-state index contributed by atoms with van der Waals surface area (Å²) >= 11 is 0. The summed E-state index contributed by atoms with van der Waals surface area (Å²) in [6, 6.07) is 27.0. The van der Waals surface area contributed by atoms with Gasteiger partial charge in [-0.05, 0) is 23.3 Å². The number of benzene rings is 3. The van der Waals surface area contributed by atoms with E-state index in [1.165, 1.54) is 0 Å². The molecule has 4 nitrogen and oxygen atoms in total. The fourth-order valence-corrected chi connectivity index (χ4v) is 3.03. The standard InChI is InChI=1S/C20H17N3O/c24-20(16-11-5-2-6-12-16)19(15-9-3-1-4-10-15)23-18-14-8-7-13-17(18)21-22-23/h1-14,19-20,24H. The molecule has 2 atom stereocenters. The Hall–Kier alpha value is -2.98. The zero-order chi connectivity index (χ0) is 16.4. The number of aliphatic hydroxyl groups excluding tert-OH is 1. The minimum Gasteiger partial charge on any atom is -0.386 e. The Morgan fingerprint density at radius 1 is 0.708 bits per heavy atom. The van der Waals surface area contributed by atoms with Crippen molar-refractivity contribution in [1.82, 2.24) is 15.0 Å². The van der Waals surface area contributed by atoms with Crippen molar-refractivity contribution < 1.29 is 5.11 Å². The summed E-state index contributed by atoms with van der Waals surface area (Å²) in [5.74, 6) is 0. The third-order valence-corrected chi connectivity index (χ3v) is 4.22. The molecule has 24 heavy (non-hydrogen) atoms. The van der Waals surface area contributed by atoms with E-state index in [0.717, 1.165) is 22.2 Å². The van der Waals surface area contributed by atoms with Crippen molar-refractivity contribution in [3.63, 3.8) is 0 Å². The van der Waals surface area contributed by atoms with Crippen molar-refractivity contribution in [3.8, 4) is 0 Å². The second-order valence-corrected chi connectivity index (χ2v) is 5.73. The van der Waals surface area contributed by atoms with E-state index in [0.29, 0.717) is 0 Å². The summed E-state index contributed by atoms with van der Waals surface area (Å²) < 4.78 is 1.81. The summed E-state index contributed by atoms with van der Waals surface area (Å²) in [6.07, 6.45) is -0.723. The van der Waals surface area contributed by atoms with E-state index in [4.69, 9.17) is 0 Å². The van der Waals surface area contributed by atoms with E-state index in [-0.39, 0.29) is 6.04 Å². The first-order valence-corrected chi connectivity index (χ1v) is 7.92. The van der Waals surface area contributed by atoms with Crippen LogP contribution in [0.1, 0.15) is 23.3 Å². The predicted molar refractivity (Wildman–Crippen MR) is 93.5 cm³/mol. The highest BCUT2D eigenvalue weighted by atomic mass is 16.3. The van der Waals surface area contributed by atoms with Gasteiger partial charge in [-0.1, -0.05) is 78.0 Å². The van der Waals surface area contributed by atoms with Gasteiger partial charge >= 0.3 is 0 Å². The zero-order valence-corrected chi connectivity index (χ0v) is 13.0. The van der Waals surface area contributed by atoms with Crippen molar-refractivity contribution >= 4 is 11.0 Å². The van der Waals surface area contributed by atoms with Gasteiger partial charge in [-0.25, -0.2) is 4.68 Å². The van der Waals surface area contributed by atoms with Crippen LogP contribution in [0.15, 0.2) is 84.9 Å². The van der Waals surface area contributed by atoms with Crippen LogP contribution in [0.25, 0.3) is 11.0 Å². The normalized spacial score (nSPS) is 13.7. The molecule has 0 aliphatic heterocycles. The number of nitrogens with zero attached hydrogens (tertiary/aromatic N) is 3. The van der Waals surface area contributed by atoms with E-state index in [2.05, 4.69) is 10.3 Å². The molecule has 1 heterocycles. The molecule has 0 aliphatic carbocycles. The molecular weight excluding hydrogens is 298 g/mol. The fourth-order valence-electron chi connectivity index (χ4n) is 3.03. The van der Waals surface area contributed by atoms with Crippen LogP contribution in [0.3, 0.4) is 0 Å². The molecule has 4 aromatic rings. The molecule has 1 aromatic heterocycles. The number of rotatable bonds is 4. The minimum atomic E-state index is -0.723. The number of hydrogen-bond acceptors (Lipinski definition) is 3. The van der Waals surface area contributed by atoms with Crippen LogP contribution in [0.5, 0.6) is 0 Å². The van der Waals surface area contributed by atoms with Gasteiger partial charge in [0.1, 0.15) is 17.7 Å². The molecule has 2 unspecified atom stereocenters. The lowest BCUT2D eigenvalue weighted by atomic mass is 9.95. The number of para-hydroxylation sites is 1. The van der Waals surface area contributed by atoms with Crippen molar-refractivity contribution in [2.75, 3.05) is 0 Å². The molecule has 118 valence electrons. The SMILES string of the molecule is OC(c1ccccc1)C(c1ccccc1)n1nnc2ccccc21. The average molecular weight is 315 g/mol. The molecule has 0 amide bonds. The van der Waals surface area contributed by atoms with E-state index in [1.54, 1.807) is 0 Å². The van der Waals surface area contributed by atoms with Gasteiger partial charge in [-0.3, -0.25) is 0 Å². The summed E-state index contributed by atoms with van der Waals surface area (Å²) in [5, 5.41) is 19.6. The predicted octanol–water partition coefficient (Wildman–Crippen LogP) is 3.75.